The molecule has 1 aromatic heterocycles. The SMILES string of the molecule is CC(C(=O)NCCc1ccc(F)cc1)N1CCN(C(C)c2nc(-c3ccccc3)no2)CC1. The summed E-state index contributed by atoms with van der Waals surface area (Å²) >= 11 is 0. The smallest absolute Gasteiger partial charge is 0.244 e. The second kappa shape index (κ2) is 10.7. The Bertz CT molecular complexity index is 1030. The molecule has 0 saturated carbocycles. The molecular formula is C25H30FN5O2. The first-order valence-electron chi connectivity index (χ1n) is 11.4. The van der Waals surface area contributed by atoms with Crippen LogP contribution < -0.4 is 5.32 Å². The third-order valence-corrected chi connectivity index (χ3v) is 6.28. The van der Waals surface area contributed by atoms with Gasteiger partial charge >= 0.3 is 0 Å². The molecule has 0 spiro atoms. The number of piperazine rings is 1. The van der Waals surface area contributed by atoms with E-state index in [1.165, 1.54) is 12.1 Å². The molecule has 2 unspecified atom stereocenters. The first kappa shape index (κ1) is 23.1. The predicted molar refractivity (Wildman–Crippen MR) is 124 cm³/mol. The first-order chi connectivity index (χ1) is 16.0. The maximum Gasteiger partial charge on any atom is 0.244 e. The highest BCUT2D eigenvalue weighted by molar-refractivity contribution is 5.81. The zero-order valence-corrected chi connectivity index (χ0v) is 19.1. The molecule has 4 rings (SSSR count). The number of nitrogens with one attached hydrogen (secondary N) is 1. The summed E-state index contributed by atoms with van der Waals surface area (Å²) in [5.41, 5.74) is 1.94. The molecule has 8 heteroatoms. The minimum Gasteiger partial charge on any atom is -0.354 e. The standard InChI is InChI=1S/C25H30FN5O2/c1-18(24(32)27-13-12-20-8-10-22(26)11-9-20)30-14-16-31(17-15-30)19(2)25-28-23(29-33-25)21-6-4-3-5-7-21/h3-11,18-19H,12-17H2,1-2H3,(H,27,32). The average molecular weight is 452 g/mol. The van der Waals surface area contributed by atoms with E-state index in [1.54, 1.807) is 12.1 Å². The van der Waals surface area contributed by atoms with E-state index in [0.717, 1.165) is 37.3 Å². The molecule has 1 aliphatic rings. The van der Waals surface area contributed by atoms with Crippen LogP contribution in [0.4, 0.5) is 4.39 Å². The fourth-order valence-electron chi connectivity index (χ4n) is 4.07. The topological polar surface area (TPSA) is 74.5 Å². The second-order valence-corrected chi connectivity index (χ2v) is 8.41. The number of rotatable bonds is 8. The van der Waals surface area contributed by atoms with E-state index >= 15 is 0 Å². The molecule has 2 atom stereocenters. The lowest BCUT2D eigenvalue weighted by Gasteiger charge is -2.39. The van der Waals surface area contributed by atoms with Crippen LogP contribution in [0.1, 0.15) is 31.3 Å². The number of carbonyl (C=O) groups excluding carboxylic acids is 1. The Morgan fingerprint density at radius 1 is 1.03 bits per heavy atom. The van der Waals surface area contributed by atoms with Crippen LogP contribution in [0, 0.1) is 5.82 Å². The van der Waals surface area contributed by atoms with Gasteiger partial charge < -0.3 is 9.84 Å². The predicted octanol–water partition coefficient (Wildman–Crippen LogP) is 3.30. The monoisotopic (exact) mass is 451 g/mol. The van der Waals surface area contributed by atoms with E-state index in [9.17, 15) is 9.18 Å². The van der Waals surface area contributed by atoms with Crippen LogP contribution in [-0.2, 0) is 11.2 Å². The lowest BCUT2D eigenvalue weighted by atomic mass is 10.1. The summed E-state index contributed by atoms with van der Waals surface area (Å²) in [6.07, 6.45) is 0.680. The third-order valence-electron chi connectivity index (χ3n) is 6.28. The Labute approximate surface area is 193 Å². The molecule has 7 nitrogen and oxygen atoms in total. The van der Waals surface area contributed by atoms with Crippen molar-refractivity contribution in [2.24, 2.45) is 0 Å². The molecule has 0 bridgehead atoms. The van der Waals surface area contributed by atoms with E-state index in [0.29, 0.717) is 24.7 Å². The van der Waals surface area contributed by atoms with E-state index < -0.39 is 0 Å². The van der Waals surface area contributed by atoms with Crippen molar-refractivity contribution in [2.45, 2.75) is 32.4 Å². The van der Waals surface area contributed by atoms with Crippen molar-refractivity contribution < 1.29 is 13.7 Å². The summed E-state index contributed by atoms with van der Waals surface area (Å²) in [5.74, 6) is 0.972. The summed E-state index contributed by atoms with van der Waals surface area (Å²) in [6, 6.07) is 16.0. The van der Waals surface area contributed by atoms with Crippen LogP contribution in [0.3, 0.4) is 0 Å². The van der Waals surface area contributed by atoms with Gasteiger partial charge in [-0.15, -0.1) is 0 Å². The number of halogens is 1. The van der Waals surface area contributed by atoms with E-state index in [1.807, 2.05) is 37.3 Å². The Morgan fingerprint density at radius 2 is 1.70 bits per heavy atom. The Kier molecular flexibility index (Phi) is 7.47. The number of carbonyl (C=O) groups is 1. The van der Waals surface area contributed by atoms with Crippen molar-refractivity contribution in [1.82, 2.24) is 25.3 Å². The molecule has 1 aliphatic heterocycles. The van der Waals surface area contributed by atoms with Crippen LogP contribution in [-0.4, -0.2) is 64.6 Å². The quantitative estimate of drug-likeness (QED) is 0.567. The molecule has 0 aliphatic carbocycles. The van der Waals surface area contributed by atoms with E-state index in [2.05, 4.69) is 32.2 Å². The van der Waals surface area contributed by atoms with Gasteiger partial charge in [0, 0.05) is 38.3 Å². The van der Waals surface area contributed by atoms with Crippen LogP contribution >= 0.6 is 0 Å². The fraction of sp³-hybridized carbons (Fsp3) is 0.400. The van der Waals surface area contributed by atoms with Crippen molar-refractivity contribution in [2.75, 3.05) is 32.7 Å². The largest absolute Gasteiger partial charge is 0.354 e. The van der Waals surface area contributed by atoms with Gasteiger partial charge in [0.15, 0.2) is 0 Å². The highest BCUT2D eigenvalue weighted by atomic mass is 19.1. The molecule has 2 heterocycles. The van der Waals surface area contributed by atoms with Crippen LogP contribution in [0.25, 0.3) is 11.4 Å². The first-order valence-corrected chi connectivity index (χ1v) is 11.4. The number of hydrogen-bond donors (Lipinski definition) is 1. The molecule has 1 N–H and O–H groups in total. The van der Waals surface area contributed by atoms with Gasteiger partial charge in [-0.2, -0.15) is 4.98 Å². The number of nitrogens with zero attached hydrogens (tertiary/aromatic N) is 4. The maximum absolute atomic E-state index is 13.0. The molecule has 1 fully saturated rings. The van der Waals surface area contributed by atoms with Gasteiger partial charge in [-0.05, 0) is 38.0 Å². The lowest BCUT2D eigenvalue weighted by molar-refractivity contribution is -0.126. The van der Waals surface area contributed by atoms with Gasteiger partial charge in [0.2, 0.25) is 17.6 Å². The van der Waals surface area contributed by atoms with Gasteiger partial charge in [-0.1, -0.05) is 47.6 Å². The molecular weight excluding hydrogens is 421 g/mol. The number of aromatic nitrogens is 2. The molecule has 174 valence electrons. The Balaban J connectivity index is 1.23. The van der Waals surface area contributed by atoms with Gasteiger partial charge in [0.05, 0.1) is 12.1 Å². The maximum atomic E-state index is 13.0. The second-order valence-electron chi connectivity index (χ2n) is 8.41. The Morgan fingerprint density at radius 3 is 2.39 bits per heavy atom. The van der Waals surface area contributed by atoms with Crippen LogP contribution in [0.5, 0.6) is 0 Å². The summed E-state index contributed by atoms with van der Waals surface area (Å²) < 4.78 is 18.5. The normalized spacial score (nSPS) is 16.9. The van der Waals surface area contributed by atoms with Gasteiger partial charge in [-0.25, -0.2) is 4.39 Å². The van der Waals surface area contributed by atoms with Gasteiger partial charge in [0.1, 0.15) is 5.82 Å². The van der Waals surface area contributed by atoms with Crippen LogP contribution in [0.2, 0.25) is 0 Å². The zero-order chi connectivity index (χ0) is 23.2. The average Bonchev–Trinajstić information content (AvgIpc) is 3.35. The zero-order valence-electron chi connectivity index (χ0n) is 19.1. The lowest BCUT2D eigenvalue weighted by Crippen LogP contribution is -2.54. The summed E-state index contributed by atoms with van der Waals surface area (Å²) in [4.78, 5) is 21.7. The van der Waals surface area contributed by atoms with Crippen molar-refractivity contribution in [3.05, 3.63) is 71.9 Å². The molecule has 2 aromatic carbocycles. The van der Waals surface area contributed by atoms with Crippen molar-refractivity contribution in [1.29, 1.82) is 0 Å². The van der Waals surface area contributed by atoms with Crippen LogP contribution in [0.15, 0.2) is 59.1 Å². The molecule has 3 aromatic rings. The Hall–Kier alpha value is -3.10. The minimum atomic E-state index is -0.249. The minimum absolute atomic E-state index is 0.0111. The summed E-state index contributed by atoms with van der Waals surface area (Å²) in [5, 5.41) is 7.13. The molecule has 1 saturated heterocycles. The third kappa shape index (κ3) is 5.83. The summed E-state index contributed by atoms with van der Waals surface area (Å²) in [7, 11) is 0. The molecule has 33 heavy (non-hydrogen) atoms. The molecule has 1 amide bonds. The van der Waals surface area contributed by atoms with Crippen molar-refractivity contribution >= 4 is 5.91 Å². The highest BCUT2D eigenvalue weighted by Gasteiger charge is 2.29. The number of benzene rings is 2. The van der Waals surface area contributed by atoms with Crippen molar-refractivity contribution in [3.63, 3.8) is 0 Å². The number of hydrogen-bond acceptors (Lipinski definition) is 6. The van der Waals surface area contributed by atoms with E-state index in [4.69, 9.17) is 4.52 Å². The molecule has 0 radical (unpaired) electrons. The van der Waals surface area contributed by atoms with Crippen molar-refractivity contribution in [3.8, 4) is 11.4 Å². The summed E-state index contributed by atoms with van der Waals surface area (Å²) in [6.45, 7) is 7.76. The highest BCUT2D eigenvalue weighted by Crippen LogP contribution is 2.23. The van der Waals surface area contributed by atoms with Gasteiger partial charge in [0.25, 0.3) is 0 Å². The fourth-order valence-corrected chi connectivity index (χ4v) is 4.07. The number of amides is 1. The van der Waals surface area contributed by atoms with Gasteiger partial charge in [-0.3, -0.25) is 14.6 Å². The van der Waals surface area contributed by atoms with E-state index in [-0.39, 0.29) is 23.8 Å².